The predicted octanol–water partition coefficient (Wildman–Crippen LogP) is 15.4. The molecule has 0 aliphatic carbocycles. The summed E-state index contributed by atoms with van der Waals surface area (Å²) in [5.41, 5.74) is 13.0. The van der Waals surface area contributed by atoms with Gasteiger partial charge in [-0.2, -0.15) is 0 Å². The highest BCUT2D eigenvalue weighted by Crippen LogP contribution is 2.41. The van der Waals surface area contributed by atoms with Crippen LogP contribution >= 0.6 is 15.9 Å². The van der Waals surface area contributed by atoms with Crippen molar-refractivity contribution in [3.05, 3.63) is 229 Å². The van der Waals surface area contributed by atoms with E-state index in [2.05, 4.69) is 159 Å². The summed E-state index contributed by atoms with van der Waals surface area (Å²) in [5.74, 6) is 1.91. The summed E-state index contributed by atoms with van der Waals surface area (Å²) in [6.07, 6.45) is 0. The average Bonchev–Trinajstić information content (AvgIpc) is 3.91. The molecule has 3 heterocycles. The number of H-pyrrole nitrogens is 1. The van der Waals surface area contributed by atoms with Gasteiger partial charge in [-0.3, -0.25) is 0 Å². The van der Waals surface area contributed by atoms with Gasteiger partial charge in [0.25, 0.3) is 0 Å². The Hall–Kier alpha value is -7.93. The number of aromatic amines is 1. The van der Waals surface area contributed by atoms with E-state index in [4.69, 9.17) is 15.0 Å². The highest BCUT2D eigenvalue weighted by Gasteiger charge is 2.19. The number of aromatic nitrogens is 5. The summed E-state index contributed by atoms with van der Waals surface area (Å²) in [6.45, 7) is 0. The van der Waals surface area contributed by atoms with E-state index in [0.717, 1.165) is 65.3 Å². The van der Waals surface area contributed by atoms with Crippen LogP contribution in [0.1, 0.15) is 0 Å². The zero-order valence-electron chi connectivity index (χ0n) is 34.0. The molecule has 0 aliphatic heterocycles. The van der Waals surface area contributed by atoms with Crippen molar-refractivity contribution in [2.45, 2.75) is 0 Å². The summed E-state index contributed by atoms with van der Waals surface area (Å²) < 4.78 is 3.52. The molecule has 0 saturated carbocycles. The van der Waals surface area contributed by atoms with E-state index in [1.807, 2.05) is 91.0 Å². The van der Waals surface area contributed by atoms with E-state index in [1.54, 1.807) is 0 Å². The van der Waals surface area contributed by atoms with Crippen LogP contribution in [0.15, 0.2) is 229 Å². The van der Waals surface area contributed by atoms with Gasteiger partial charge in [-0.05, 0) is 65.2 Å². The molecule has 12 rings (SSSR count). The number of halogens is 1. The molecule has 0 fully saturated rings. The lowest BCUT2D eigenvalue weighted by Crippen LogP contribution is -2.00. The standard InChI is InChI=1S/C51H33N5.C6H5Br/c1-5-15-33(16-6-1)36-28-30-45-44(31-36)40-29-27-37(32-46(40)56(45)38-21-11-4-12-22-38)39-23-13-24-41-42-25-14-26-43(48(42)52-47(39)41)51-54-49(34-17-7-2-8-18-34)53-50(55-51)35-19-9-3-10-20-35;7-6-4-2-1-3-5-6/h1-32,52H;1-5H. The smallest absolute Gasteiger partial charge is 0.166 e. The van der Waals surface area contributed by atoms with Crippen LogP contribution < -0.4 is 0 Å². The van der Waals surface area contributed by atoms with E-state index in [-0.39, 0.29) is 0 Å². The molecule has 0 amide bonds. The highest BCUT2D eigenvalue weighted by molar-refractivity contribution is 9.10. The van der Waals surface area contributed by atoms with Crippen molar-refractivity contribution in [3.63, 3.8) is 0 Å². The van der Waals surface area contributed by atoms with Crippen molar-refractivity contribution < 1.29 is 0 Å². The molecule has 6 heteroatoms. The summed E-state index contributed by atoms with van der Waals surface area (Å²) in [6, 6.07) is 78.1. The number of benzene rings is 9. The largest absolute Gasteiger partial charge is 0.353 e. The minimum absolute atomic E-state index is 0.625. The molecule has 9 aromatic carbocycles. The molecule has 0 radical (unpaired) electrons. The maximum atomic E-state index is 5.07. The van der Waals surface area contributed by atoms with Gasteiger partial charge in [0.1, 0.15) is 0 Å². The van der Waals surface area contributed by atoms with E-state index in [9.17, 15) is 0 Å². The Labute approximate surface area is 373 Å². The lowest BCUT2D eigenvalue weighted by atomic mass is 9.99. The molecule has 3 aromatic heterocycles. The lowest BCUT2D eigenvalue weighted by Gasteiger charge is -2.10. The molecule has 0 aliphatic rings. The van der Waals surface area contributed by atoms with E-state index in [0.29, 0.717) is 17.5 Å². The van der Waals surface area contributed by atoms with Gasteiger partial charge in [0, 0.05) is 54.0 Å². The van der Waals surface area contributed by atoms with Gasteiger partial charge in [-0.1, -0.05) is 192 Å². The monoisotopic (exact) mass is 871 g/mol. The average molecular weight is 873 g/mol. The number of hydrogen-bond acceptors (Lipinski definition) is 3. The van der Waals surface area contributed by atoms with Crippen molar-refractivity contribution in [2.75, 3.05) is 0 Å². The Balaban J connectivity index is 0.000000581. The Kier molecular flexibility index (Phi) is 9.96. The molecule has 0 atom stereocenters. The summed E-state index contributed by atoms with van der Waals surface area (Å²) in [7, 11) is 0. The molecule has 0 bridgehead atoms. The quantitative estimate of drug-likeness (QED) is 0.181. The number of nitrogens with zero attached hydrogens (tertiary/aromatic N) is 4. The number of para-hydroxylation sites is 3. The number of rotatable bonds is 6. The van der Waals surface area contributed by atoms with Gasteiger partial charge < -0.3 is 9.55 Å². The fourth-order valence-electron chi connectivity index (χ4n) is 8.57. The van der Waals surface area contributed by atoms with Crippen LogP contribution in [-0.4, -0.2) is 24.5 Å². The fourth-order valence-corrected chi connectivity index (χ4v) is 8.88. The summed E-state index contributed by atoms with van der Waals surface area (Å²) >= 11 is 3.31. The molecule has 12 aromatic rings. The van der Waals surface area contributed by atoms with Gasteiger partial charge in [-0.25, -0.2) is 15.0 Å². The summed E-state index contributed by atoms with van der Waals surface area (Å²) in [4.78, 5) is 18.9. The first-order valence-electron chi connectivity index (χ1n) is 21.0. The molecular weight excluding hydrogens is 835 g/mol. The minimum Gasteiger partial charge on any atom is -0.353 e. The van der Waals surface area contributed by atoms with Crippen molar-refractivity contribution in [3.8, 4) is 62.1 Å². The van der Waals surface area contributed by atoms with Gasteiger partial charge in [0.05, 0.1) is 22.1 Å². The third-order valence-electron chi connectivity index (χ3n) is 11.5. The zero-order chi connectivity index (χ0) is 42.1. The van der Waals surface area contributed by atoms with Gasteiger partial charge in [-0.15, -0.1) is 0 Å². The van der Waals surface area contributed by atoms with E-state index < -0.39 is 0 Å². The number of fused-ring (bicyclic) bond motifs is 6. The highest BCUT2D eigenvalue weighted by atomic mass is 79.9. The second-order valence-electron chi connectivity index (χ2n) is 15.4. The second-order valence-corrected chi connectivity index (χ2v) is 16.3. The molecule has 1 N–H and O–H groups in total. The number of hydrogen-bond donors (Lipinski definition) is 1. The van der Waals surface area contributed by atoms with E-state index >= 15 is 0 Å². The van der Waals surface area contributed by atoms with Gasteiger partial charge in [0.15, 0.2) is 17.5 Å². The first-order valence-corrected chi connectivity index (χ1v) is 21.8. The van der Waals surface area contributed by atoms with Crippen LogP contribution in [0.2, 0.25) is 0 Å². The Morgan fingerprint density at radius 2 is 0.841 bits per heavy atom. The lowest BCUT2D eigenvalue weighted by molar-refractivity contribution is 1.08. The maximum Gasteiger partial charge on any atom is 0.166 e. The predicted molar refractivity (Wildman–Crippen MR) is 265 cm³/mol. The topological polar surface area (TPSA) is 59.4 Å². The molecule has 0 saturated heterocycles. The van der Waals surface area contributed by atoms with Crippen LogP contribution in [0.5, 0.6) is 0 Å². The van der Waals surface area contributed by atoms with Crippen LogP contribution in [-0.2, 0) is 0 Å². The van der Waals surface area contributed by atoms with Crippen LogP contribution in [0, 0.1) is 0 Å². The Morgan fingerprint density at radius 3 is 1.43 bits per heavy atom. The summed E-state index contributed by atoms with van der Waals surface area (Å²) in [5, 5.41) is 4.72. The Morgan fingerprint density at radius 1 is 0.333 bits per heavy atom. The molecule has 0 unspecified atom stereocenters. The SMILES string of the molecule is Brc1ccccc1.c1ccc(-c2ccc3c(c2)c2ccc(-c4cccc5c4[nH]c4c(-c6nc(-c7ccccc7)nc(-c7ccccc7)n6)cccc45)cc2n3-c2ccccc2)cc1. The third-order valence-corrected chi connectivity index (χ3v) is 12.1. The minimum atomic E-state index is 0.625. The first-order chi connectivity index (χ1) is 31.2. The van der Waals surface area contributed by atoms with Crippen LogP contribution in [0.4, 0.5) is 0 Å². The molecule has 0 spiro atoms. The third kappa shape index (κ3) is 7.26. The Bertz CT molecular complexity index is 3490. The second kappa shape index (κ2) is 16.5. The molecule has 63 heavy (non-hydrogen) atoms. The van der Waals surface area contributed by atoms with Crippen LogP contribution in [0.3, 0.4) is 0 Å². The first kappa shape index (κ1) is 38.0. The van der Waals surface area contributed by atoms with E-state index in [1.165, 1.54) is 27.4 Å². The number of nitrogens with one attached hydrogen (secondary N) is 1. The van der Waals surface area contributed by atoms with Crippen LogP contribution in [0.25, 0.3) is 106 Å². The molecule has 298 valence electrons. The van der Waals surface area contributed by atoms with Crippen molar-refractivity contribution >= 4 is 59.5 Å². The normalized spacial score (nSPS) is 11.3. The zero-order valence-corrected chi connectivity index (χ0v) is 35.6. The van der Waals surface area contributed by atoms with Gasteiger partial charge >= 0.3 is 0 Å². The van der Waals surface area contributed by atoms with Crippen molar-refractivity contribution in [2.24, 2.45) is 0 Å². The molecular formula is C57H38BrN5. The van der Waals surface area contributed by atoms with Crippen molar-refractivity contribution in [1.29, 1.82) is 0 Å². The maximum absolute atomic E-state index is 5.07. The molecule has 5 nitrogen and oxygen atoms in total. The van der Waals surface area contributed by atoms with Crippen molar-refractivity contribution in [1.82, 2.24) is 24.5 Å². The van der Waals surface area contributed by atoms with Gasteiger partial charge in [0.2, 0.25) is 0 Å². The fraction of sp³-hybridized carbons (Fsp3) is 0.